The summed E-state index contributed by atoms with van der Waals surface area (Å²) in [5.74, 6) is -0.182. The maximum atomic E-state index is 12.6. The number of carbonyl (C=O) groups excluding carboxylic acids is 2. The largest absolute Gasteiger partial charge is 0.422 e. The van der Waals surface area contributed by atoms with Crippen LogP contribution in [0.2, 0.25) is 0 Å². The van der Waals surface area contributed by atoms with Crippen molar-refractivity contribution < 1.29 is 19.1 Å². The zero-order chi connectivity index (χ0) is 17.9. The molecule has 2 amide bonds. The standard InChI is InChI=1S/C20H24N2O4/c23-19-18(26-20(24)22(19)17-4-2-1-3-5-17)14-15-6-8-16(9-7-15)21-10-12-25-13-11-21/h6-9,14,17H,1-5,10-13H2. The highest BCUT2D eigenvalue weighted by Crippen LogP contribution is 2.29. The number of cyclic esters (lactones) is 1. The number of nitrogens with zero attached hydrogens (tertiary/aromatic N) is 2. The minimum atomic E-state index is -0.530. The lowest BCUT2D eigenvalue weighted by atomic mass is 9.94. The number of ether oxygens (including phenoxy) is 2. The summed E-state index contributed by atoms with van der Waals surface area (Å²) in [5.41, 5.74) is 1.98. The van der Waals surface area contributed by atoms with Gasteiger partial charge in [0.2, 0.25) is 0 Å². The molecule has 1 aromatic carbocycles. The Kier molecular flexibility index (Phi) is 4.93. The van der Waals surface area contributed by atoms with E-state index >= 15 is 0 Å². The summed E-state index contributed by atoms with van der Waals surface area (Å²) in [6.45, 7) is 3.25. The first kappa shape index (κ1) is 17.1. The van der Waals surface area contributed by atoms with E-state index in [1.165, 1.54) is 11.3 Å². The van der Waals surface area contributed by atoms with E-state index in [1.54, 1.807) is 6.08 Å². The molecule has 3 fully saturated rings. The highest BCUT2D eigenvalue weighted by Gasteiger charge is 2.41. The van der Waals surface area contributed by atoms with Gasteiger partial charge in [0, 0.05) is 24.8 Å². The third kappa shape index (κ3) is 3.46. The highest BCUT2D eigenvalue weighted by molar-refractivity contribution is 6.10. The summed E-state index contributed by atoms with van der Waals surface area (Å²) >= 11 is 0. The number of hydrogen-bond acceptors (Lipinski definition) is 5. The van der Waals surface area contributed by atoms with Crippen LogP contribution in [0.5, 0.6) is 0 Å². The van der Waals surface area contributed by atoms with Crippen molar-refractivity contribution in [2.24, 2.45) is 0 Å². The Labute approximate surface area is 153 Å². The van der Waals surface area contributed by atoms with Crippen molar-refractivity contribution in [3.8, 4) is 0 Å². The van der Waals surface area contributed by atoms with Crippen molar-refractivity contribution in [2.45, 2.75) is 38.1 Å². The van der Waals surface area contributed by atoms with Crippen LogP contribution in [-0.4, -0.2) is 49.2 Å². The maximum Gasteiger partial charge on any atom is 0.422 e. The summed E-state index contributed by atoms with van der Waals surface area (Å²) in [4.78, 5) is 28.4. The predicted octanol–water partition coefficient (Wildman–Crippen LogP) is 3.18. The fourth-order valence-electron chi connectivity index (χ4n) is 3.89. The van der Waals surface area contributed by atoms with Crippen molar-refractivity contribution >= 4 is 23.8 Å². The van der Waals surface area contributed by atoms with Crippen LogP contribution in [0.1, 0.15) is 37.7 Å². The van der Waals surface area contributed by atoms with Crippen LogP contribution < -0.4 is 4.90 Å². The number of morpholine rings is 1. The molecule has 6 heteroatoms. The smallest absolute Gasteiger partial charge is 0.404 e. The van der Waals surface area contributed by atoms with Gasteiger partial charge in [0.1, 0.15) is 0 Å². The molecule has 138 valence electrons. The fraction of sp³-hybridized carbons (Fsp3) is 0.500. The molecule has 2 aliphatic heterocycles. The van der Waals surface area contributed by atoms with E-state index < -0.39 is 6.09 Å². The SMILES string of the molecule is O=C1OC(=Cc2ccc(N3CCOCC3)cc2)C(=O)N1C1CCCCC1. The molecule has 1 saturated carbocycles. The number of hydrogen-bond donors (Lipinski definition) is 0. The third-order valence-corrected chi connectivity index (χ3v) is 5.33. The average Bonchev–Trinajstić information content (AvgIpc) is 2.97. The van der Waals surface area contributed by atoms with Gasteiger partial charge in [0.25, 0.3) is 5.91 Å². The second kappa shape index (κ2) is 7.50. The zero-order valence-electron chi connectivity index (χ0n) is 14.9. The normalized spacial score (nSPS) is 23.6. The lowest BCUT2D eigenvalue weighted by Gasteiger charge is -2.28. The summed E-state index contributed by atoms with van der Waals surface area (Å²) < 4.78 is 10.6. The molecule has 1 aromatic rings. The lowest BCUT2D eigenvalue weighted by Crippen LogP contribution is -2.40. The monoisotopic (exact) mass is 356 g/mol. The molecule has 0 atom stereocenters. The van der Waals surface area contributed by atoms with Crippen LogP contribution in [0.25, 0.3) is 6.08 Å². The molecule has 0 spiro atoms. The van der Waals surface area contributed by atoms with E-state index in [9.17, 15) is 9.59 Å². The first-order chi connectivity index (χ1) is 12.7. The summed E-state index contributed by atoms with van der Waals surface area (Å²) in [6.07, 6.45) is 6.18. The summed E-state index contributed by atoms with van der Waals surface area (Å²) in [6, 6.07) is 7.93. The van der Waals surface area contributed by atoms with E-state index in [0.29, 0.717) is 0 Å². The van der Waals surface area contributed by atoms with Gasteiger partial charge in [-0.1, -0.05) is 31.4 Å². The average molecular weight is 356 g/mol. The van der Waals surface area contributed by atoms with Crippen molar-refractivity contribution in [1.29, 1.82) is 0 Å². The third-order valence-electron chi connectivity index (χ3n) is 5.33. The molecule has 2 saturated heterocycles. The van der Waals surface area contributed by atoms with Gasteiger partial charge >= 0.3 is 6.09 Å². The van der Waals surface area contributed by atoms with E-state index in [4.69, 9.17) is 9.47 Å². The van der Waals surface area contributed by atoms with Gasteiger partial charge in [0.05, 0.1) is 13.2 Å². The molecule has 0 aromatic heterocycles. The predicted molar refractivity (Wildman–Crippen MR) is 97.7 cm³/mol. The molecule has 3 aliphatic rings. The second-order valence-corrected chi connectivity index (χ2v) is 7.03. The highest BCUT2D eigenvalue weighted by atomic mass is 16.6. The van der Waals surface area contributed by atoms with Crippen LogP contribution >= 0.6 is 0 Å². The Morgan fingerprint density at radius 2 is 1.65 bits per heavy atom. The lowest BCUT2D eigenvalue weighted by molar-refractivity contribution is -0.125. The fourth-order valence-corrected chi connectivity index (χ4v) is 3.89. The first-order valence-corrected chi connectivity index (χ1v) is 9.42. The van der Waals surface area contributed by atoms with E-state index in [2.05, 4.69) is 4.90 Å². The van der Waals surface area contributed by atoms with Crippen LogP contribution in [0.15, 0.2) is 30.0 Å². The molecule has 2 heterocycles. The first-order valence-electron chi connectivity index (χ1n) is 9.42. The Hall–Kier alpha value is -2.34. The van der Waals surface area contributed by atoms with E-state index in [1.807, 2.05) is 24.3 Å². The molecule has 4 rings (SSSR count). The van der Waals surface area contributed by atoms with E-state index in [0.717, 1.165) is 63.2 Å². The topological polar surface area (TPSA) is 59.1 Å². The molecule has 0 N–H and O–H groups in total. The summed E-state index contributed by atoms with van der Waals surface area (Å²) in [7, 11) is 0. The van der Waals surface area contributed by atoms with Crippen molar-refractivity contribution in [2.75, 3.05) is 31.2 Å². The number of amides is 2. The van der Waals surface area contributed by atoms with Crippen molar-refractivity contribution in [1.82, 2.24) is 4.90 Å². The Morgan fingerprint density at radius 3 is 2.35 bits per heavy atom. The Bertz CT molecular complexity index is 701. The number of anilines is 1. The van der Waals surface area contributed by atoms with Crippen LogP contribution in [0.4, 0.5) is 10.5 Å². The number of carbonyl (C=O) groups is 2. The molecule has 0 radical (unpaired) electrons. The van der Waals surface area contributed by atoms with Gasteiger partial charge in [-0.15, -0.1) is 0 Å². The van der Waals surface area contributed by atoms with Crippen LogP contribution in [0.3, 0.4) is 0 Å². The molecule has 1 aliphatic carbocycles. The van der Waals surface area contributed by atoms with Gasteiger partial charge in [-0.05, 0) is 36.6 Å². The second-order valence-electron chi connectivity index (χ2n) is 7.03. The van der Waals surface area contributed by atoms with Crippen LogP contribution in [-0.2, 0) is 14.3 Å². The van der Waals surface area contributed by atoms with Crippen LogP contribution in [0, 0.1) is 0 Å². The summed E-state index contributed by atoms with van der Waals surface area (Å²) in [5, 5.41) is 0. The zero-order valence-corrected chi connectivity index (χ0v) is 14.9. The van der Waals surface area contributed by atoms with Gasteiger partial charge < -0.3 is 14.4 Å². The minimum absolute atomic E-state index is 0.0154. The number of benzene rings is 1. The molecule has 0 unspecified atom stereocenters. The van der Waals surface area contributed by atoms with Crippen molar-refractivity contribution in [3.05, 3.63) is 35.6 Å². The van der Waals surface area contributed by atoms with Gasteiger partial charge in [-0.25, -0.2) is 9.69 Å². The number of rotatable bonds is 3. The molecular weight excluding hydrogens is 332 g/mol. The van der Waals surface area contributed by atoms with E-state index in [-0.39, 0.29) is 17.7 Å². The Morgan fingerprint density at radius 1 is 0.962 bits per heavy atom. The Balaban J connectivity index is 1.47. The molecule has 26 heavy (non-hydrogen) atoms. The molecule has 0 bridgehead atoms. The van der Waals surface area contributed by atoms with Gasteiger partial charge in [-0.2, -0.15) is 0 Å². The number of imide groups is 1. The van der Waals surface area contributed by atoms with Gasteiger partial charge in [-0.3, -0.25) is 4.79 Å². The molecule has 6 nitrogen and oxygen atoms in total. The quantitative estimate of drug-likeness (QED) is 0.779. The maximum absolute atomic E-state index is 12.6. The molecular formula is C20H24N2O4. The minimum Gasteiger partial charge on any atom is -0.404 e. The van der Waals surface area contributed by atoms with Gasteiger partial charge in [0.15, 0.2) is 5.76 Å². The van der Waals surface area contributed by atoms with Crippen molar-refractivity contribution in [3.63, 3.8) is 0 Å².